The fourth-order valence-corrected chi connectivity index (χ4v) is 2.92. The molecule has 0 spiro atoms. The van der Waals surface area contributed by atoms with Crippen LogP contribution in [0, 0.1) is 0 Å². The zero-order valence-electron chi connectivity index (χ0n) is 13.1. The van der Waals surface area contributed by atoms with Crippen molar-refractivity contribution >= 4 is 5.91 Å². The first-order chi connectivity index (χ1) is 11.8. The third kappa shape index (κ3) is 2.78. The highest BCUT2D eigenvalue weighted by molar-refractivity contribution is 5.92. The largest absolute Gasteiger partial charge is 0.337 e. The van der Waals surface area contributed by atoms with Crippen LogP contribution in [0.3, 0.4) is 0 Å². The highest BCUT2D eigenvalue weighted by Gasteiger charge is 2.26. The van der Waals surface area contributed by atoms with Crippen molar-refractivity contribution in [2.24, 2.45) is 0 Å². The number of carbonyl (C=O) groups excluding carboxylic acids is 1. The Labute approximate surface area is 138 Å². The fourth-order valence-electron chi connectivity index (χ4n) is 2.92. The fraction of sp³-hybridized carbons (Fsp3) is 0.312. The number of likely N-dealkylation sites (tertiary alicyclic amines) is 1. The molecule has 4 rings (SSSR count). The minimum absolute atomic E-state index is 0.0796. The highest BCUT2D eigenvalue weighted by Crippen LogP contribution is 2.21. The molecule has 1 aliphatic heterocycles. The van der Waals surface area contributed by atoms with E-state index in [9.17, 15) is 4.79 Å². The van der Waals surface area contributed by atoms with E-state index in [4.69, 9.17) is 0 Å². The monoisotopic (exact) mass is 323 g/mol. The van der Waals surface area contributed by atoms with Crippen LogP contribution in [-0.4, -0.2) is 53.9 Å². The van der Waals surface area contributed by atoms with Gasteiger partial charge in [-0.25, -0.2) is 0 Å². The number of hydrogen-bond acceptors (Lipinski definition) is 5. The summed E-state index contributed by atoms with van der Waals surface area (Å²) in [4.78, 5) is 17.6. The molecule has 3 aromatic rings. The third-order valence-electron chi connectivity index (χ3n) is 4.21. The number of amides is 1. The lowest BCUT2D eigenvalue weighted by molar-refractivity contribution is 0.0677. The lowest BCUT2D eigenvalue weighted by atomic mass is 10.1. The van der Waals surface area contributed by atoms with E-state index in [1.54, 1.807) is 17.2 Å². The van der Waals surface area contributed by atoms with Crippen LogP contribution in [0.4, 0.5) is 0 Å². The van der Waals surface area contributed by atoms with Crippen LogP contribution in [0.25, 0.3) is 5.69 Å². The summed E-state index contributed by atoms with van der Waals surface area (Å²) >= 11 is 0. The number of rotatable bonds is 3. The smallest absolute Gasteiger partial charge is 0.276 e. The molecule has 122 valence electrons. The van der Waals surface area contributed by atoms with Crippen LogP contribution in [0.5, 0.6) is 0 Å². The lowest BCUT2D eigenvalue weighted by Crippen LogP contribution is -2.39. The Kier molecular flexibility index (Phi) is 3.78. The molecule has 2 aromatic heterocycles. The summed E-state index contributed by atoms with van der Waals surface area (Å²) in [5, 5.41) is 16.9. The Balaban J connectivity index is 1.43. The zero-order valence-corrected chi connectivity index (χ0v) is 13.1. The highest BCUT2D eigenvalue weighted by atomic mass is 16.2. The van der Waals surface area contributed by atoms with Gasteiger partial charge in [-0.15, -0.1) is 5.10 Å². The van der Waals surface area contributed by atoms with Crippen LogP contribution in [-0.2, 0) is 0 Å². The molecule has 1 fully saturated rings. The average molecular weight is 323 g/mol. The van der Waals surface area contributed by atoms with Gasteiger partial charge in [-0.1, -0.05) is 18.2 Å². The van der Waals surface area contributed by atoms with Crippen molar-refractivity contribution in [3.8, 4) is 5.69 Å². The number of para-hydroxylation sites is 1. The second-order valence-corrected chi connectivity index (χ2v) is 5.73. The van der Waals surface area contributed by atoms with Crippen LogP contribution < -0.4 is 0 Å². The van der Waals surface area contributed by atoms with Gasteiger partial charge in [-0.2, -0.15) is 24.9 Å². The molecule has 1 saturated heterocycles. The van der Waals surface area contributed by atoms with Gasteiger partial charge in [-0.3, -0.25) is 4.79 Å². The van der Waals surface area contributed by atoms with Crippen molar-refractivity contribution in [1.29, 1.82) is 0 Å². The zero-order chi connectivity index (χ0) is 16.4. The maximum absolute atomic E-state index is 12.6. The van der Waals surface area contributed by atoms with Crippen molar-refractivity contribution in [3.63, 3.8) is 0 Å². The second-order valence-electron chi connectivity index (χ2n) is 5.73. The molecule has 0 bridgehead atoms. The second kappa shape index (κ2) is 6.23. The number of aromatic nitrogens is 6. The maximum atomic E-state index is 12.6. The lowest BCUT2D eigenvalue weighted by Gasteiger charge is -2.30. The van der Waals surface area contributed by atoms with Gasteiger partial charge in [0.15, 0.2) is 5.69 Å². The molecular formula is C16H17N7O. The van der Waals surface area contributed by atoms with Gasteiger partial charge in [0.05, 0.1) is 30.3 Å². The Hall–Kier alpha value is -3.03. The van der Waals surface area contributed by atoms with Crippen molar-refractivity contribution in [3.05, 3.63) is 54.6 Å². The number of carbonyl (C=O) groups is 1. The van der Waals surface area contributed by atoms with Gasteiger partial charge >= 0.3 is 0 Å². The first-order valence-corrected chi connectivity index (χ1v) is 7.94. The summed E-state index contributed by atoms with van der Waals surface area (Å²) < 4.78 is 0. The summed E-state index contributed by atoms with van der Waals surface area (Å²) in [5.74, 6) is -0.0796. The van der Waals surface area contributed by atoms with E-state index < -0.39 is 0 Å². The molecule has 1 aliphatic rings. The predicted molar refractivity (Wildman–Crippen MR) is 85.6 cm³/mol. The minimum Gasteiger partial charge on any atom is -0.337 e. The summed E-state index contributed by atoms with van der Waals surface area (Å²) in [6.45, 7) is 1.34. The molecule has 0 radical (unpaired) electrons. The summed E-state index contributed by atoms with van der Waals surface area (Å²) in [6.07, 6.45) is 6.57. The van der Waals surface area contributed by atoms with E-state index in [1.807, 2.05) is 35.2 Å². The van der Waals surface area contributed by atoms with Gasteiger partial charge in [0.25, 0.3) is 5.91 Å². The molecule has 8 nitrogen and oxygen atoms in total. The Morgan fingerprint density at radius 3 is 2.42 bits per heavy atom. The molecule has 1 aromatic carbocycles. The molecule has 24 heavy (non-hydrogen) atoms. The summed E-state index contributed by atoms with van der Waals surface area (Å²) in [6, 6.07) is 9.80. The molecule has 1 amide bonds. The predicted octanol–water partition coefficient (Wildman–Crippen LogP) is 1.34. The third-order valence-corrected chi connectivity index (χ3v) is 4.21. The van der Waals surface area contributed by atoms with E-state index >= 15 is 0 Å². The Bertz CT molecular complexity index is 804. The Morgan fingerprint density at radius 1 is 1.00 bits per heavy atom. The molecule has 0 N–H and O–H groups in total. The van der Waals surface area contributed by atoms with E-state index in [0.29, 0.717) is 18.8 Å². The van der Waals surface area contributed by atoms with E-state index in [1.165, 1.54) is 11.0 Å². The number of piperidine rings is 1. The first kappa shape index (κ1) is 14.6. The molecule has 0 unspecified atom stereocenters. The topological polar surface area (TPSA) is 81.7 Å². The minimum atomic E-state index is -0.0796. The van der Waals surface area contributed by atoms with Crippen molar-refractivity contribution in [1.82, 2.24) is 34.9 Å². The molecule has 0 saturated carbocycles. The van der Waals surface area contributed by atoms with Crippen LogP contribution in [0.1, 0.15) is 29.4 Å². The Morgan fingerprint density at radius 2 is 1.71 bits per heavy atom. The average Bonchev–Trinajstić information content (AvgIpc) is 3.34. The number of nitrogens with zero attached hydrogens (tertiary/aromatic N) is 7. The molecule has 0 atom stereocenters. The normalized spacial score (nSPS) is 15.6. The van der Waals surface area contributed by atoms with E-state index in [0.717, 1.165) is 18.5 Å². The molecule has 0 aliphatic carbocycles. The van der Waals surface area contributed by atoms with Crippen molar-refractivity contribution in [2.75, 3.05) is 13.1 Å². The van der Waals surface area contributed by atoms with Crippen LogP contribution in [0.2, 0.25) is 0 Å². The van der Waals surface area contributed by atoms with Crippen LogP contribution in [0.15, 0.2) is 48.9 Å². The summed E-state index contributed by atoms with van der Waals surface area (Å²) in [7, 11) is 0. The van der Waals surface area contributed by atoms with Gasteiger partial charge in [0.2, 0.25) is 0 Å². The van der Waals surface area contributed by atoms with Gasteiger partial charge in [0, 0.05) is 13.1 Å². The SMILES string of the molecule is O=C(c1cnn(-c2ccccc2)n1)N1CCC(n2nccn2)CC1. The van der Waals surface area contributed by atoms with E-state index in [2.05, 4.69) is 20.4 Å². The first-order valence-electron chi connectivity index (χ1n) is 7.94. The van der Waals surface area contributed by atoms with Gasteiger partial charge < -0.3 is 4.90 Å². The number of hydrogen-bond donors (Lipinski definition) is 0. The molecular weight excluding hydrogens is 306 g/mol. The summed E-state index contributed by atoms with van der Waals surface area (Å²) in [5.41, 5.74) is 1.20. The number of benzene rings is 1. The van der Waals surface area contributed by atoms with Gasteiger partial charge in [0.1, 0.15) is 0 Å². The van der Waals surface area contributed by atoms with Crippen molar-refractivity contribution < 1.29 is 4.79 Å². The van der Waals surface area contributed by atoms with Crippen LogP contribution >= 0.6 is 0 Å². The maximum Gasteiger partial charge on any atom is 0.276 e. The molecule has 8 heteroatoms. The standard InChI is InChI=1S/C16H17N7O/c24-16(15-12-19-23(20-15)13-4-2-1-3-5-13)21-10-6-14(7-11-21)22-17-8-9-18-22/h1-5,8-9,12,14H,6-7,10-11H2. The van der Waals surface area contributed by atoms with E-state index in [-0.39, 0.29) is 11.9 Å². The molecule has 3 heterocycles. The van der Waals surface area contributed by atoms with Gasteiger partial charge in [-0.05, 0) is 25.0 Å². The van der Waals surface area contributed by atoms with Crippen molar-refractivity contribution in [2.45, 2.75) is 18.9 Å². The quantitative estimate of drug-likeness (QED) is 0.726.